The number of thiophene rings is 1. The van der Waals surface area contributed by atoms with E-state index in [2.05, 4.69) is 10.3 Å². The number of rotatable bonds is 6. The number of carboxylic acids is 1. The van der Waals surface area contributed by atoms with Crippen molar-refractivity contribution in [2.75, 3.05) is 0 Å². The number of carbonyl (C=O) groups is 2. The van der Waals surface area contributed by atoms with Gasteiger partial charge in [0.2, 0.25) is 5.91 Å². The zero-order chi connectivity index (χ0) is 20.4. The Kier molecular flexibility index (Phi) is 5.44. The van der Waals surface area contributed by atoms with Crippen molar-refractivity contribution in [3.05, 3.63) is 63.0 Å². The van der Waals surface area contributed by atoms with Crippen LogP contribution in [0.2, 0.25) is 0 Å². The highest BCUT2D eigenvalue weighted by atomic mass is 32.1. The number of nitrogens with one attached hydrogen (secondary N) is 1. The molecule has 0 unspecified atom stereocenters. The Balaban J connectivity index is 1.75. The lowest BCUT2D eigenvalue weighted by atomic mass is 10.1. The molecule has 1 aliphatic carbocycles. The molecule has 0 radical (unpaired) electrons. The lowest BCUT2D eigenvalue weighted by Gasteiger charge is -2.15. The van der Waals surface area contributed by atoms with E-state index in [1.54, 1.807) is 0 Å². The molecule has 0 spiro atoms. The highest BCUT2D eigenvalue weighted by Gasteiger charge is 2.22. The molecule has 3 aromatic rings. The summed E-state index contributed by atoms with van der Waals surface area (Å²) in [6, 6.07) is 9.70. The summed E-state index contributed by atoms with van der Waals surface area (Å²) in [7, 11) is 0. The molecule has 4 rings (SSSR count). The maximum Gasteiger partial charge on any atom is 0.337 e. The van der Waals surface area contributed by atoms with Crippen LogP contribution in [0.3, 0.4) is 0 Å². The summed E-state index contributed by atoms with van der Waals surface area (Å²) in [5.74, 6) is -0.969. The number of amides is 1. The standard InChI is InChI=1S/C21H21N3O4S/c25-17(22-14-8-4-5-9-14)11-24-16(10-13-6-2-1-3-7-13)23-19-18(20(24)26)15(12-29-19)21(27)28/h1-3,6-7,12,14H,4-5,8-11H2,(H,22,25)(H,27,28). The smallest absolute Gasteiger partial charge is 0.337 e. The van der Waals surface area contributed by atoms with Crippen molar-refractivity contribution < 1.29 is 14.7 Å². The van der Waals surface area contributed by atoms with Gasteiger partial charge in [-0.25, -0.2) is 9.78 Å². The highest BCUT2D eigenvalue weighted by molar-refractivity contribution is 7.17. The summed E-state index contributed by atoms with van der Waals surface area (Å²) >= 11 is 1.13. The molecule has 1 aromatic carbocycles. The van der Waals surface area contributed by atoms with Crippen molar-refractivity contribution in [3.63, 3.8) is 0 Å². The number of hydrogen-bond donors (Lipinski definition) is 2. The summed E-state index contributed by atoms with van der Waals surface area (Å²) in [4.78, 5) is 42.2. The van der Waals surface area contributed by atoms with Crippen molar-refractivity contribution in [2.24, 2.45) is 0 Å². The molecule has 0 bridgehead atoms. The molecular formula is C21H21N3O4S. The van der Waals surface area contributed by atoms with Gasteiger partial charge in [0.15, 0.2) is 0 Å². The molecular weight excluding hydrogens is 390 g/mol. The van der Waals surface area contributed by atoms with E-state index in [1.165, 1.54) is 9.95 Å². The number of fused-ring (bicyclic) bond motifs is 1. The Morgan fingerprint density at radius 1 is 1.21 bits per heavy atom. The zero-order valence-electron chi connectivity index (χ0n) is 15.8. The maximum absolute atomic E-state index is 13.2. The summed E-state index contributed by atoms with van der Waals surface area (Å²) in [5.41, 5.74) is 0.401. The number of carbonyl (C=O) groups excluding carboxylic acids is 1. The Morgan fingerprint density at radius 2 is 1.93 bits per heavy atom. The van der Waals surface area contributed by atoms with Crippen LogP contribution in [-0.2, 0) is 17.8 Å². The second kappa shape index (κ2) is 8.16. The zero-order valence-corrected chi connectivity index (χ0v) is 16.6. The molecule has 0 atom stereocenters. The van der Waals surface area contributed by atoms with Crippen LogP contribution < -0.4 is 10.9 Å². The van der Waals surface area contributed by atoms with Crippen molar-refractivity contribution in [3.8, 4) is 0 Å². The molecule has 2 heterocycles. The third-order valence-electron chi connectivity index (χ3n) is 5.23. The molecule has 8 heteroatoms. The van der Waals surface area contributed by atoms with Gasteiger partial charge in [-0.2, -0.15) is 0 Å². The fraction of sp³-hybridized carbons (Fsp3) is 0.333. The van der Waals surface area contributed by atoms with Crippen LogP contribution in [0.25, 0.3) is 10.2 Å². The molecule has 1 fully saturated rings. The van der Waals surface area contributed by atoms with Crippen LogP contribution in [0.5, 0.6) is 0 Å². The third kappa shape index (κ3) is 4.07. The van der Waals surface area contributed by atoms with Gasteiger partial charge < -0.3 is 10.4 Å². The Hall–Kier alpha value is -3.00. The quantitative estimate of drug-likeness (QED) is 0.650. The largest absolute Gasteiger partial charge is 0.478 e. The first-order chi connectivity index (χ1) is 14.0. The number of aromatic nitrogens is 2. The topological polar surface area (TPSA) is 101 Å². The summed E-state index contributed by atoms with van der Waals surface area (Å²) in [6.45, 7) is -0.171. The van der Waals surface area contributed by atoms with E-state index >= 15 is 0 Å². The Bertz CT molecular complexity index is 1110. The van der Waals surface area contributed by atoms with E-state index < -0.39 is 11.5 Å². The van der Waals surface area contributed by atoms with Crippen molar-refractivity contribution in [1.82, 2.24) is 14.9 Å². The van der Waals surface area contributed by atoms with E-state index in [1.807, 2.05) is 30.3 Å². The molecule has 0 aliphatic heterocycles. The minimum Gasteiger partial charge on any atom is -0.478 e. The monoisotopic (exact) mass is 411 g/mol. The van der Waals surface area contributed by atoms with Crippen LogP contribution in [0, 0.1) is 0 Å². The van der Waals surface area contributed by atoms with Crippen molar-refractivity contribution >= 4 is 33.4 Å². The van der Waals surface area contributed by atoms with Gasteiger partial charge in [0.05, 0.1) is 10.9 Å². The van der Waals surface area contributed by atoms with Gasteiger partial charge in [0.1, 0.15) is 17.2 Å². The third-order valence-corrected chi connectivity index (χ3v) is 6.10. The second-order valence-corrected chi connectivity index (χ2v) is 8.12. The predicted octanol–water partition coefficient (Wildman–Crippen LogP) is 2.81. The summed E-state index contributed by atoms with van der Waals surface area (Å²) in [6.07, 6.45) is 4.46. The fourth-order valence-electron chi connectivity index (χ4n) is 3.79. The summed E-state index contributed by atoms with van der Waals surface area (Å²) in [5, 5.41) is 13.9. The number of hydrogen-bond acceptors (Lipinski definition) is 5. The van der Waals surface area contributed by atoms with Gasteiger partial charge in [0, 0.05) is 17.8 Å². The van der Waals surface area contributed by atoms with Gasteiger partial charge >= 0.3 is 5.97 Å². The van der Waals surface area contributed by atoms with Crippen LogP contribution in [0.4, 0.5) is 0 Å². The van der Waals surface area contributed by atoms with Gasteiger partial charge in [-0.05, 0) is 18.4 Å². The normalized spacial score (nSPS) is 14.3. The highest BCUT2D eigenvalue weighted by Crippen LogP contribution is 2.23. The Morgan fingerprint density at radius 3 is 2.62 bits per heavy atom. The Labute approximate surface area is 171 Å². The van der Waals surface area contributed by atoms with Crippen molar-refractivity contribution in [2.45, 2.75) is 44.7 Å². The van der Waals surface area contributed by atoms with E-state index in [4.69, 9.17) is 0 Å². The first-order valence-corrected chi connectivity index (χ1v) is 10.5. The summed E-state index contributed by atoms with van der Waals surface area (Å²) < 4.78 is 1.32. The molecule has 2 aromatic heterocycles. The molecule has 1 amide bonds. The first kappa shape index (κ1) is 19.3. The van der Waals surface area contributed by atoms with Gasteiger partial charge in [-0.15, -0.1) is 11.3 Å². The second-order valence-electron chi connectivity index (χ2n) is 7.27. The SMILES string of the molecule is O=C(Cn1c(Cc2ccccc2)nc2scc(C(=O)O)c2c1=O)NC1CCCC1. The molecule has 0 saturated heterocycles. The number of carboxylic acid groups (broad SMARTS) is 1. The molecule has 2 N–H and O–H groups in total. The maximum atomic E-state index is 13.2. The lowest BCUT2D eigenvalue weighted by molar-refractivity contribution is -0.122. The average molecular weight is 411 g/mol. The van der Waals surface area contributed by atoms with Crippen LogP contribution in [0.15, 0.2) is 40.5 Å². The molecule has 29 heavy (non-hydrogen) atoms. The number of aromatic carboxylic acids is 1. The van der Waals surface area contributed by atoms with E-state index in [-0.39, 0.29) is 29.4 Å². The van der Waals surface area contributed by atoms with Crippen LogP contribution in [-0.4, -0.2) is 32.6 Å². The first-order valence-electron chi connectivity index (χ1n) is 9.60. The molecule has 150 valence electrons. The van der Waals surface area contributed by atoms with Gasteiger partial charge in [-0.3, -0.25) is 14.2 Å². The average Bonchev–Trinajstić information content (AvgIpc) is 3.35. The number of benzene rings is 1. The van der Waals surface area contributed by atoms with Gasteiger partial charge in [-0.1, -0.05) is 43.2 Å². The van der Waals surface area contributed by atoms with E-state index in [9.17, 15) is 19.5 Å². The van der Waals surface area contributed by atoms with Crippen LogP contribution >= 0.6 is 11.3 Å². The van der Waals surface area contributed by atoms with Gasteiger partial charge in [0.25, 0.3) is 5.56 Å². The lowest BCUT2D eigenvalue weighted by Crippen LogP contribution is -2.39. The molecule has 7 nitrogen and oxygen atoms in total. The predicted molar refractivity (Wildman–Crippen MR) is 110 cm³/mol. The van der Waals surface area contributed by atoms with E-state index in [0.717, 1.165) is 42.6 Å². The molecule has 1 saturated carbocycles. The minimum atomic E-state index is -1.17. The fourth-order valence-corrected chi connectivity index (χ4v) is 4.71. The molecule has 1 aliphatic rings. The minimum absolute atomic E-state index is 0.0629. The van der Waals surface area contributed by atoms with Crippen molar-refractivity contribution in [1.29, 1.82) is 0 Å². The van der Waals surface area contributed by atoms with Crippen LogP contribution in [0.1, 0.15) is 47.4 Å². The number of nitrogens with zero attached hydrogens (tertiary/aromatic N) is 2. The van der Waals surface area contributed by atoms with E-state index in [0.29, 0.717) is 17.1 Å².